The first kappa shape index (κ1) is 16.7. The van der Waals surface area contributed by atoms with Gasteiger partial charge < -0.3 is 14.6 Å². The van der Waals surface area contributed by atoms with Crippen molar-refractivity contribution in [3.8, 4) is 0 Å². The summed E-state index contributed by atoms with van der Waals surface area (Å²) in [4.78, 5) is 26.0. The van der Waals surface area contributed by atoms with E-state index in [9.17, 15) is 14.9 Å². The Labute approximate surface area is 133 Å². The average Bonchev–Trinajstić information content (AvgIpc) is 2.84. The maximum Gasteiger partial charge on any atom is 0.407 e. The fourth-order valence-electron chi connectivity index (χ4n) is 2.10. The van der Waals surface area contributed by atoms with Gasteiger partial charge in [0.2, 0.25) is 0 Å². The number of alkyl carbamates (subject to hydrolysis) is 1. The molecule has 1 aromatic carbocycles. The molecule has 0 atom stereocenters. The van der Waals surface area contributed by atoms with Crippen LogP contribution >= 0.6 is 0 Å². The summed E-state index contributed by atoms with van der Waals surface area (Å²) in [5.41, 5.74) is 0.917. The lowest BCUT2D eigenvalue weighted by atomic mass is 10.2. The molecule has 1 N–H and O–H groups in total. The summed E-state index contributed by atoms with van der Waals surface area (Å²) in [5.74, 6) is 0. The highest BCUT2D eigenvalue weighted by Gasteiger charge is 2.15. The Balaban J connectivity index is 1.88. The number of nitro groups is 1. The number of hydrogen-bond donors (Lipinski definition) is 1. The van der Waals surface area contributed by atoms with Crippen LogP contribution in [-0.2, 0) is 11.3 Å². The monoisotopic (exact) mass is 320 g/mol. The fraction of sp³-hybridized carbons (Fsp3) is 0.467. The second-order valence-electron chi connectivity index (χ2n) is 6.15. The molecule has 2 rings (SSSR count). The molecule has 0 radical (unpaired) electrons. The van der Waals surface area contributed by atoms with Crippen molar-refractivity contribution in [2.24, 2.45) is 0 Å². The van der Waals surface area contributed by atoms with Crippen LogP contribution in [0.15, 0.2) is 24.5 Å². The topological polar surface area (TPSA) is 99.3 Å². The number of carbonyl (C=O) groups is 1. The van der Waals surface area contributed by atoms with Crippen molar-refractivity contribution >= 4 is 22.8 Å². The minimum Gasteiger partial charge on any atom is -0.444 e. The number of non-ortho nitro benzene ring substituents is 1. The normalized spacial score (nSPS) is 11.4. The highest BCUT2D eigenvalue weighted by molar-refractivity contribution is 5.77. The molecular formula is C15H20N4O4. The van der Waals surface area contributed by atoms with E-state index in [0.29, 0.717) is 25.0 Å². The van der Waals surface area contributed by atoms with Gasteiger partial charge in [0, 0.05) is 25.2 Å². The van der Waals surface area contributed by atoms with Crippen LogP contribution in [0, 0.1) is 10.1 Å². The van der Waals surface area contributed by atoms with Gasteiger partial charge in [0.05, 0.1) is 22.3 Å². The number of carbonyl (C=O) groups excluding carboxylic acids is 1. The second kappa shape index (κ2) is 6.64. The first-order valence-corrected chi connectivity index (χ1v) is 7.32. The Morgan fingerprint density at radius 3 is 2.83 bits per heavy atom. The SMILES string of the molecule is CC(C)(C)OC(=O)NCCCn1cnc2cc([N+](=O)[O-])ccc21. The van der Waals surface area contributed by atoms with Gasteiger partial charge in [-0.05, 0) is 33.3 Å². The fourth-order valence-corrected chi connectivity index (χ4v) is 2.10. The Hall–Kier alpha value is -2.64. The summed E-state index contributed by atoms with van der Waals surface area (Å²) in [6.07, 6.45) is 1.90. The lowest BCUT2D eigenvalue weighted by molar-refractivity contribution is -0.384. The molecule has 1 amide bonds. The van der Waals surface area contributed by atoms with E-state index in [0.717, 1.165) is 5.52 Å². The summed E-state index contributed by atoms with van der Waals surface area (Å²) >= 11 is 0. The summed E-state index contributed by atoms with van der Waals surface area (Å²) < 4.78 is 7.05. The molecule has 0 bridgehead atoms. The number of nitrogens with one attached hydrogen (secondary N) is 1. The van der Waals surface area contributed by atoms with Crippen LogP contribution < -0.4 is 5.32 Å². The van der Waals surface area contributed by atoms with Crippen molar-refractivity contribution in [3.05, 3.63) is 34.6 Å². The number of fused-ring (bicyclic) bond motifs is 1. The van der Waals surface area contributed by atoms with Gasteiger partial charge in [0.25, 0.3) is 5.69 Å². The maximum absolute atomic E-state index is 11.5. The van der Waals surface area contributed by atoms with E-state index in [2.05, 4.69) is 10.3 Å². The zero-order valence-electron chi connectivity index (χ0n) is 13.4. The van der Waals surface area contributed by atoms with E-state index >= 15 is 0 Å². The molecule has 124 valence electrons. The van der Waals surface area contributed by atoms with Crippen LogP contribution in [0.5, 0.6) is 0 Å². The number of aryl methyl sites for hydroxylation is 1. The number of amides is 1. The number of imidazole rings is 1. The molecule has 0 saturated heterocycles. The number of ether oxygens (including phenoxy) is 1. The summed E-state index contributed by atoms with van der Waals surface area (Å²) in [6.45, 7) is 6.54. The zero-order valence-corrected chi connectivity index (χ0v) is 13.4. The lowest BCUT2D eigenvalue weighted by Gasteiger charge is -2.19. The molecule has 0 saturated carbocycles. The third-order valence-corrected chi connectivity index (χ3v) is 3.06. The molecule has 0 aliphatic rings. The molecule has 0 aliphatic carbocycles. The highest BCUT2D eigenvalue weighted by Crippen LogP contribution is 2.19. The number of hydrogen-bond acceptors (Lipinski definition) is 5. The van der Waals surface area contributed by atoms with Crippen LogP contribution in [0.4, 0.5) is 10.5 Å². The predicted molar refractivity (Wildman–Crippen MR) is 85.2 cm³/mol. The van der Waals surface area contributed by atoms with Crippen molar-refractivity contribution in [3.63, 3.8) is 0 Å². The van der Waals surface area contributed by atoms with Crippen molar-refractivity contribution in [2.75, 3.05) is 6.54 Å². The third-order valence-electron chi connectivity index (χ3n) is 3.06. The maximum atomic E-state index is 11.5. The van der Waals surface area contributed by atoms with Crippen molar-refractivity contribution in [1.82, 2.24) is 14.9 Å². The van der Waals surface area contributed by atoms with Crippen LogP contribution in [0.2, 0.25) is 0 Å². The number of rotatable bonds is 5. The number of benzene rings is 1. The predicted octanol–water partition coefficient (Wildman–Crippen LogP) is 2.86. The van der Waals surface area contributed by atoms with Gasteiger partial charge in [0.15, 0.2) is 0 Å². The van der Waals surface area contributed by atoms with Gasteiger partial charge in [-0.25, -0.2) is 9.78 Å². The van der Waals surface area contributed by atoms with Crippen LogP contribution in [0.3, 0.4) is 0 Å². The number of aromatic nitrogens is 2. The van der Waals surface area contributed by atoms with Gasteiger partial charge in [0.1, 0.15) is 5.60 Å². The van der Waals surface area contributed by atoms with Crippen LogP contribution in [0.1, 0.15) is 27.2 Å². The molecule has 23 heavy (non-hydrogen) atoms. The van der Waals surface area contributed by atoms with Crippen molar-refractivity contribution in [1.29, 1.82) is 0 Å². The van der Waals surface area contributed by atoms with E-state index in [1.807, 2.05) is 25.3 Å². The molecule has 0 aliphatic heterocycles. The lowest BCUT2D eigenvalue weighted by Crippen LogP contribution is -2.33. The molecule has 8 heteroatoms. The summed E-state index contributed by atoms with van der Waals surface area (Å²) in [6, 6.07) is 4.59. The number of nitro benzene ring substituents is 1. The Morgan fingerprint density at radius 1 is 1.43 bits per heavy atom. The first-order chi connectivity index (χ1) is 10.8. The minimum atomic E-state index is -0.515. The largest absolute Gasteiger partial charge is 0.444 e. The van der Waals surface area contributed by atoms with Gasteiger partial charge in [-0.3, -0.25) is 10.1 Å². The molecule has 1 aromatic heterocycles. The molecular weight excluding hydrogens is 300 g/mol. The molecule has 1 heterocycles. The molecule has 8 nitrogen and oxygen atoms in total. The summed E-state index contributed by atoms with van der Waals surface area (Å²) in [7, 11) is 0. The van der Waals surface area contributed by atoms with E-state index in [-0.39, 0.29) is 5.69 Å². The van der Waals surface area contributed by atoms with Crippen LogP contribution in [-0.4, -0.2) is 32.7 Å². The van der Waals surface area contributed by atoms with Crippen LogP contribution in [0.25, 0.3) is 11.0 Å². The molecule has 0 spiro atoms. The molecule has 2 aromatic rings. The smallest absolute Gasteiger partial charge is 0.407 e. The number of nitrogens with zero attached hydrogens (tertiary/aromatic N) is 3. The Morgan fingerprint density at radius 2 is 2.17 bits per heavy atom. The standard InChI is InChI=1S/C15H20N4O4/c1-15(2,3)23-14(20)16-7-4-8-18-10-17-12-9-11(19(21)22)5-6-13(12)18/h5-6,9-10H,4,7-8H2,1-3H3,(H,16,20). The zero-order chi connectivity index (χ0) is 17.0. The van der Waals surface area contributed by atoms with Gasteiger partial charge in [-0.15, -0.1) is 0 Å². The third kappa shape index (κ3) is 4.67. The minimum absolute atomic E-state index is 0.0225. The van der Waals surface area contributed by atoms with E-state index in [4.69, 9.17) is 4.74 Å². The van der Waals surface area contributed by atoms with Crippen molar-refractivity contribution in [2.45, 2.75) is 39.3 Å². The summed E-state index contributed by atoms with van der Waals surface area (Å²) in [5, 5.41) is 13.4. The van der Waals surface area contributed by atoms with Gasteiger partial charge >= 0.3 is 6.09 Å². The van der Waals surface area contributed by atoms with Gasteiger partial charge in [-0.1, -0.05) is 0 Å². The highest BCUT2D eigenvalue weighted by atomic mass is 16.6. The van der Waals surface area contributed by atoms with E-state index in [1.165, 1.54) is 12.1 Å². The van der Waals surface area contributed by atoms with E-state index < -0.39 is 16.6 Å². The molecule has 0 unspecified atom stereocenters. The Bertz CT molecular complexity index is 718. The Kier molecular flexibility index (Phi) is 4.83. The van der Waals surface area contributed by atoms with Gasteiger partial charge in [-0.2, -0.15) is 0 Å². The molecule has 0 fully saturated rings. The van der Waals surface area contributed by atoms with E-state index in [1.54, 1.807) is 12.4 Å². The van der Waals surface area contributed by atoms with Crippen molar-refractivity contribution < 1.29 is 14.5 Å². The second-order valence-corrected chi connectivity index (χ2v) is 6.15. The average molecular weight is 320 g/mol. The first-order valence-electron chi connectivity index (χ1n) is 7.32. The quantitative estimate of drug-likeness (QED) is 0.519.